The van der Waals surface area contributed by atoms with Crippen molar-refractivity contribution in [2.75, 3.05) is 17.2 Å². The van der Waals surface area contributed by atoms with Gasteiger partial charge in [0.25, 0.3) is 0 Å². The van der Waals surface area contributed by atoms with Crippen molar-refractivity contribution in [1.82, 2.24) is 15.1 Å². The van der Waals surface area contributed by atoms with Gasteiger partial charge in [-0.15, -0.1) is 11.8 Å². The molecular formula is C34H28F2N4O2S. The summed E-state index contributed by atoms with van der Waals surface area (Å²) in [5.41, 5.74) is 5.41. The third kappa shape index (κ3) is 6.08. The first-order valence-electron chi connectivity index (χ1n) is 13.8. The van der Waals surface area contributed by atoms with Crippen LogP contribution in [0.4, 0.5) is 14.6 Å². The molecular weight excluding hydrogens is 566 g/mol. The number of aryl methyl sites for hydroxylation is 1. The molecule has 1 N–H and O–H groups in total. The number of nitrogens with zero attached hydrogens (tertiary/aromatic N) is 3. The van der Waals surface area contributed by atoms with E-state index in [-0.39, 0.29) is 42.3 Å². The lowest BCUT2D eigenvalue weighted by molar-refractivity contribution is -0.123. The number of amides is 2. The Hall–Kier alpha value is -4.76. The van der Waals surface area contributed by atoms with Crippen LogP contribution in [0.2, 0.25) is 0 Å². The molecule has 0 saturated carbocycles. The van der Waals surface area contributed by atoms with Crippen LogP contribution in [0.1, 0.15) is 27.5 Å². The molecule has 1 atom stereocenters. The van der Waals surface area contributed by atoms with Crippen LogP contribution in [-0.2, 0) is 16.1 Å². The predicted molar refractivity (Wildman–Crippen MR) is 165 cm³/mol. The monoisotopic (exact) mass is 594 g/mol. The van der Waals surface area contributed by atoms with E-state index in [1.165, 1.54) is 40.9 Å². The van der Waals surface area contributed by atoms with Gasteiger partial charge in [0.1, 0.15) is 24.0 Å². The molecule has 9 heteroatoms. The fourth-order valence-corrected chi connectivity index (χ4v) is 6.32. The molecule has 0 fully saturated rings. The summed E-state index contributed by atoms with van der Waals surface area (Å²) in [4.78, 5) is 28.6. The number of thioether (sulfide) groups is 1. The lowest BCUT2D eigenvalue weighted by Gasteiger charge is -2.23. The number of halogens is 2. The summed E-state index contributed by atoms with van der Waals surface area (Å²) < 4.78 is 29.6. The van der Waals surface area contributed by atoms with Crippen molar-refractivity contribution in [2.24, 2.45) is 0 Å². The Morgan fingerprint density at radius 2 is 1.67 bits per heavy atom. The van der Waals surface area contributed by atoms with Crippen LogP contribution in [-0.4, -0.2) is 33.9 Å². The number of rotatable bonds is 7. The van der Waals surface area contributed by atoms with Crippen LogP contribution in [0, 0.1) is 18.6 Å². The topological polar surface area (TPSA) is 67.2 Å². The maximum Gasteiger partial charge on any atom is 0.240 e. The number of fused-ring (bicyclic) bond motifs is 1. The standard InChI is InChI=1S/C34H28F2N4O2S/c1-22-10-16-28(17-11-22)40-34-31(32(38-40)24-6-3-2-4-7-24)33(25-8-5-9-27(36)18-25)43-21-30(42)39(34)20-29(41)37-19-23-12-14-26(35)15-13-23/h2-18,33H,19-21H2,1H3,(H,37,41). The lowest BCUT2D eigenvalue weighted by Crippen LogP contribution is -2.42. The molecule has 0 saturated heterocycles. The summed E-state index contributed by atoms with van der Waals surface area (Å²) in [7, 11) is 0. The minimum atomic E-state index is -0.434. The molecule has 1 aliphatic heterocycles. The maximum atomic E-state index is 14.5. The van der Waals surface area contributed by atoms with E-state index in [9.17, 15) is 18.4 Å². The van der Waals surface area contributed by atoms with Crippen molar-refractivity contribution in [3.05, 3.63) is 137 Å². The summed E-state index contributed by atoms with van der Waals surface area (Å²) >= 11 is 1.38. The molecule has 216 valence electrons. The highest BCUT2D eigenvalue weighted by molar-refractivity contribution is 8.00. The molecule has 2 heterocycles. The van der Waals surface area contributed by atoms with Crippen LogP contribution < -0.4 is 10.2 Å². The summed E-state index contributed by atoms with van der Waals surface area (Å²) in [6, 6.07) is 29.6. The SMILES string of the molecule is Cc1ccc(-n2nc(-c3ccccc3)c3c2N(CC(=O)NCc2ccc(F)cc2)C(=O)CSC3c2cccc(F)c2)cc1. The molecule has 43 heavy (non-hydrogen) atoms. The van der Waals surface area contributed by atoms with E-state index < -0.39 is 5.25 Å². The van der Waals surface area contributed by atoms with Crippen LogP contribution in [0.25, 0.3) is 16.9 Å². The van der Waals surface area contributed by atoms with Crippen molar-refractivity contribution in [3.8, 4) is 16.9 Å². The number of hydrogen-bond donors (Lipinski definition) is 1. The smallest absolute Gasteiger partial charge is 0.240 e. The zero-order valence-corrected chi connectivity index (χ0v) is 24.2. The Balaban J connectivity index is 1.49. The zero-order valence-electron chi connectivity index (χ0n) is 23.3. The van der Waals surface area contributed by atoms with Gasteiger partial charge in [-0.05, 0) is 54.4 Å². The van der Waals surface area contributed by atoms with E-state index >= 15 is 0 Å². The average Bonchev–Trinajstić information content (AvgIpc) is 3.34. The van der Waals surface area contributed by atoms with Gasteiger partial charge in [0, 0.05) is 17.7 Å². The zero-order chi connectivity index (χ0) is 29.9. The molecule has 5 aromatic rings. The molecule has 1 unspecified atom stereocenters. The summed E-state index contributed by atoms with van der Waals surface area (Å²) in [6.07, 6.45) is 0. The van der Waals surface area contributed by atoms with Gasteiger partial charge in [-0.3, -0.25) is 14.5 Å². The van der Waals surface area contributed by atoms with Gasteiger partial charge in [-0.2, -0.15) is 5.10 Å². The van der Waals surface area contributed by atoms with Gasteiger partial charge >= 0.3 is 0 Å². The normalized spacial score (nSPS) is 14.7. The molecule has 2 amide bonds. The van der Waals surface area contributed by atoms with Gasteiger partial charge in [-0.1, -0.05) is 72.3 Å². The van der Waals surface area contributed by atoms with E-state index in [1.807, 2.05) is 67.6 Å². The number of nitrogens with one attached hydrogen (secondary N) is 1. The Bertz CT molecular complexity index is 1770. The third-order valence-corrected chi connectivity index (χ3v) is 8.53. The first-order chi connectivity index (χ1) is 20.9. The number of anilines is 1. The second-order valence-corrected chi connectivity index (χ2v) is 11.4. The van der Waals surface area contributed by atoms with Gasteiger partial charge in [0.15, 0.2) is 0 Å². The second-order valence-electron chi connectivity index (χ2n) is 10.3. The highest BCUT2D eigenvalue weighted by atomic mass is 32.2. The summed E-state index contributed by atoms with van der Waals surface area (Å²) in [6.45, 7) is 1.91. The van der Waals surface area contributed by atoms with Gasteiger partial charge in [0.05, 0.1) is 22.4 Å². The fourth-order valence-electron chi connectivity index (χ4n) is 5.13. The first-order valence-corrected chi connectivity index (χ1v) is 14.9. The molecule has 6 rings (SSSR count). The Labute approximate surface area is 252 Å². The van der Waals surface area contributed by atoms with Gasteiger partial charge < -0.3 is 5.32 Å². The van der Waals surface area contributed by atoms with E-state index in [4.69, 9.17) is 5.10 Å². The van der Waals surface area contributed by atoms with E-state index in [2.05, 4.69) is 5.32 Å². The molecule has 0 bridgehead atoms. The molecule has 1 aromatic heterocycles. The Morgan fingerprint density at radius 1 is 0.930 bits per heavy atom. The van der Waals surface area contributed by atoms with Crippen molar-refractivity contribution >= 4 is 29.4 Å². The van der Waals surface area contributed by atoms with E-state index in [0.717, 1.165) is 27.9 Å². The number of carbonyl (C=O) groups is 2. The fraction of sp³-hybridized carbons (Fsp3) is 0.147. The quantitative estimate of drug-likeness (QED) is 0.230. The van der Waals surface area contributed by atoms with E-state index in [0.29, 0.717) is 17.1 Å². The minimum Gasteiger partial charge on any atom is -0.350 e. The Morgan fingerprint density at radius 3 is 2.40 bits per heavy atom. The molecule has 4 aromatic carbocycles. The lowest BCUT2D eigenvalue weighted by atomic mass is 9.99. The Kier molecular flexibility index (Phi) is 8.07. The van der Waals surface area contributed by atoms with Gasteiger partial charge in [0.2, 0.25) is 11.8 Å². The molecule has 6 nitrogen and oxygen atoms in total. The van der Waals surface area contributed by atoms with E-state index in [1.54, 1.807) is 22.9 Å². The molecule has 0 aliphatic carbocycles. The minimum absolute atomic E-state index is 0.0726. The van der Waals surface area contributed by atoms with Crippen LogP contribution in [0.3, 0.4) is 0 Å². The predicted octanol–water partition coefficient (Wildman–Crippen LogP) is 6.61. The third-order valence-electron chi connectivity index (χ3n) is 7.27. The summed E-state index contributed by atoms with van der Waals surface area (Å²) in [5.74, 6) is -0.848. The van der Waals surface area contributed by atoms with Crippen molar-refractivity contribution in [1.29, 1.82) is 0 Å². The number of aromatic nitrogens is 2. The first kappa shape index (κ1) is 28.4. The van der Waals surface area contributed by atoms with Crippen LogP contribution in [0.15, 0.2) is 103 Å². The highest BCUT2D eigenvalue weighted by Crippen LogP contribution is 2.48. The average molecular weight is 595 g/mol. The van der Waals surface area contributed by atoms with Crippen LogP contribution in [0.5, 0.6) is 0 Å². The molecule has 1 aliphatic rings. The molecule has 0 radical (unpaired) electrons. The number of hydrogen-bond acceptors (Lipinski definition) is 4. The summed E-state index contributed by atoms with van der Waals surface area (Å²) in [5, 5.41) is 7.46. The van der Waals surface area contributed by atoms with Crippen molar-refractivity contribution < 1.29 is 18.4 Å². The van der Waals surface area contributed by atoms with Gasteiger partial charge in [-0.25, -0.2) is 13.5 Å². The van der Waals surface area contributed by atoms with Crippen molar-refractivity contribution in [2.45, 2.75) is 18.7 Å². The van der Waals surface area contributed by atoms with Crippen molar-refractivity contribution in [3.63, 3.8) is 0 Å². The number of carbonyl (C=O) groups excluding carboxylic acids is 2. The highest BCUT2D eigenvalue weighted by Gasteiger charge is 2.37. The van der Waals surface area contributed by atoms with Crippen LogP contribution >= 0.6 is 11.8 Å². The second kappa shape index (κ2) is 12.2. The largest absolute Gasteiger partial charge is 0.350 e. The molecule has 0 spiro atoms. The number of benzene rings is 4. The maximum absolute atomic E-state index is 14.5.